The zero-order valence-corrected chi connectivity index (χ0v) is 8.74. The molecule has 1 saturated heterocycles. The predicted molar refractivity (Wildman–Crippen MR) is 55.0 cm³/mol. The second-order valence-electron chi connectivity index (χ2n) is 3.93. The van der Waals surface area contributed by atoms with Crippen LogP contribution < -0.4 is 5.32 Å². The Morgan fingerprint density at radius 2 is 2.29 bits per heavy atom. The van der Waals surface area contributed by atoms with Crippen molar-refractivity contribution < 1.29 is 0 Å². The molecular weight excluding hydrogens is 176 g/mol. The van der Waals surface area contributed by atoms with Crippen LogP contribution in [0.2, 0.25) is 0 Å². The van der Waals surface area contributed by atoms with Crippen LogP contribution in [0.15, 0.2) is 6.33 Å². The fourth-order valence-corrected chi connectivity index (χ4v) is 2.05. The van der Waals surface area contributed by atoms with Gasteiger partial charge in [0, 0.05) is 13.0 Å². The van der Waals surface area contributed by atoms with Crippen LogP contribution in [0.3, 0.4) is 0 Å². The van der Waals surface area contributed by atoms with E-state index in [1.165, 1.54) is 12.8 Å². The van der Waals surface area contributed by atoms with Crippen LogP contribution in [0, 0.1) is 5.92 Å². The van der Waals surface area contributed by atoms with Gasteiger partial charge in [0.15, 0.2) is 0 Å². The highest BCUT2D eigenvalue weighted by Crippen LogP contribution is 2.16. The molecule has 0 spiro atoms. The Kier molecular flexibility index (Phi) is 3.14. The van der Waals surface area contributed by atoms with Crippen molar-refractivity contribution in [2.45, 2.75) is 32.7 Å². The number of hydrogen-bond donors (Lipinski definition) is 1. The molecule has 0 amide bonds. The molecule has 0 aromatic carbocycles. The van der Waals surface area contributed by atoms with Crippen molar-refractivity contribution >= 4 is 0 Å². The summed E-state index contributed by atoms with van der Waals surface area (Å²) >= 11 is 0. The fourth-order valence-electron chi connectivity index (χ4n) is 2.05. The quantitative estimate of drug-likeness (QED) is 0.775. The van der Waals surface area contributed by atoms with Crippen LogP contribution in [0.25, 0.3) is 0 Å². The number of hydrogen-bond acceptors (Lipinski definition) is 3. The van der Waals surface area contributed by atoms with E-state index in [4.69, 9.17) is 0 Å². The van der Waals surface area contributed by atoms with Gasteiger partial charge in [-0.3, -0.25) is 0 Å². The first kappa shape index (κ1) is 9.65. The van der Waals surface area contributed by atoms with E-state index in [2.05, 4.69) is 27.0 Å². The maximum absolute atomic E-state index is 4.17. The van der Waals surface area contributed by atoms with Crippen molar-refractivity contribution in [1.29, 1.82) is 0 Å². The Morgan fingerprint density at radius 1 is 1.50 bits per heavy atom. The van der Waals surface area contributed by atoms with Gasteiger partial charge >= 0.3 is 0 Å². The summed E-state index contributed by atoms with van der Waals surface area (Å²) in [5.74, 6) is 1.95. The molecule has 0 unspecified atom stereocenters. The van der Waals surface area contributed by atoms with Gasteiger partial charge < -0.3 is 9.88 Å². The molecule has 4 nitrogen and oxygen atoms in total. The highest BCUT2D eigenvalue weighted by Gasteiger charge is 2.16. The van der Waals surface area contributed by atoms with Crippen molar-refractivity contribution in [1.82, 2.24) is 20.1 Å². The molecule has 14 heavy (non-hydrogen) atoms. The minimum Gasteiger partial charge on any atom is -0.318 e. The lowest BCUT2D eigenvalue weighted by Gasteiger charge is -2.21. The van der Waals surface area contributed by atoms with E-state index >= 15 is 0 Å². The first-order valence-electron chi connectivity index (χ1n) is 5.47. The zero-order valence-electron chi connectivity index (χ0n) is 8.74. The van der Waals surface area contributed by atoms with Gasteiger partial charge in [-0.1, -0.05) is 0 Å². The molecule has 2 heterocycles. The molecule has 4 heteroatoms. The van der Waals surface area contributed by atoms with Crippen LogP contribution >= 0.6 is 0 Å². The molecule has 0 bridgehead atoms. The van der Waals surface area contributed by atoms with Gasteiger partial charge in [-0.05, 0) is 38.8 Å². The fraction of sp³-hybridized carbons (Fsp3) is 0.800. The van der Waals surface area contributed by atoms with E-state index < -0.39 is 0 Å². The van der Waals surface area contributed by atoms with Gasteiger partial charge in [0.1, 0.15) is 12.2 Å². The number of nitrogens with zero attached hydrogens (tertiary/aromatic N) is 3. The molecule has 1 aromatic rings. The van der Waals surface area contributed by atoms with E-state index in [9.17, 15) is 0 Å². The third kappa shape index (κ3) is 2.12. The lowest BCUT2D eigenvalue weighted by atomic mass is 9.94. The molecule has 0 atom stereocenters. The maximum Gasteiger partial charge on any atom is 0.133 e. The van der Waals surface area contributed by atoms with Crippen molar-refractivity contribution in [3.8, 4) is 0 Å². The largest absolute Gasteiger partial charge is 0.318 e. The number of rotatable bonds is 3. The summed E-state index contributed by atoms with van der Waals surface area (Å²) in [5, 5.41) is 11.5. The number of piperidine rings is 1. The average molecular weight is 194 g/mol. The maximum atomic E-state index is 4.17. The smallest absolute Gasteiger partial charge is 0.133 e. The van der Waals surface area contributed by atoms with Gasteiger partial charge in [0.25, 0.3) is 0 Å². The minimum atomic E-state index is 0.797. The van der Waals surface area contributed by atoms with Crippen LogP contribution in [0.1, 0.15) is 25.6 Å². The molecular formula is C10H18N4. The average Bonchev–Trinajstić information content (AvgIpc) is 2.67. The lowest BCUT2D eigenvalue weighted by molar-refractivity contribution is 0.363. The van der Waals surface area contributed by atoms with Crippen molar-refractivity contribution in [2.75, 3.05) is 13.1 Å². The van der Waals surface area contributed by atoms with Crippen LogP contribution in [-0.2, 0) is 13.0 Å². The standard InChI is InChI=1S/C10H18N4/c1-2-14-8-12-13-10(14)7-9-3-5-11-6-4-9/h8-9,11H,2-7H2,1H3. The summed E-state index contributed by atoms with van der Waals surface area (Å²) < 4.78 is 2.14. The molecule has 1 aromatic heterocycles. The predicted octanol–water partition coefficient (Wildman–Crippen LogP) is 0.840. The second-order valence-corrected chi connectivity index (χ2v) is 3.93. The number of nitrogens with one attached hydrogen (secondary N) is 1. The van der Waals surface area contributed by atoms with Crippen LogP contribution in [0.4, 0.5) is 0 Å². The zero-order chi connectivity index (χ0) is 9.80. The SMILES string of the molecule is CCn1cnnc1CC1CCNCC1. The minimum absolute atomic E-state index is 0.797. The van der Waals surface area contributed by atoms with Gasteiger partial charge in [-0.2, -0.15) is 0 Å². The molecule has 1 N–H and O–H groups in total. The Balaban J connectivity index is 1.95. The van der Waals surface area contributed by atoms with Gasteiger partial charge in [-0.25, -0.2) is 0 Å². The third-order valence-electron chi connectivity index (χ3n) is 2.97. The summed E-state index contributed by atoms with van der Waals surface area (Å²) in [7, 11) is 0. The normalized spacial score (nSPS) is 18.6. The van der Waals surface area contributed by atoms with E-state index in [0.717, 1.165) is 37.8 Å². The van der Waals surface area contributed by atoms with Gasteiger partial charge in [-0.15, -0.1) is 10.2 Å². The highest BCUT2D eigenvalue weighted by molar-refractivity contribution is 4.89. The second kappa shape index (κ2) is 4.55. The molecule has 0 radical (unpaired) electrons. The molecule has 1 fully saturated rings. The van der Waals surface area contributed by atoms with E-state index in [-0.39, 0.29) is 0 Å². The Morgan fingerprint density at radius 3 is 3.00 bits per heavy atom. The van der Waals surface area contributed by atoms with E-state index in [1.54, 1.807) is 0 Å². The van der Waals surface area contributed by atoms with Crippen LogP contribution in [-0.4, -0.2) is 27.9 Å². The summed E-state index contributed by atoms with van der Waals surface area (Å²) in [6, 6.07) is 0. The Bertz CT molecular complexity index is 275. The van der Waals surface area contributed by atoms with E-state index in [0.29, 0.717) is 0 Å². The Hall–Kier alpha value is -0.900. The van der Waals surface area contributed by atoms with Gasteiger partial charge in [0.05, 0.1) is 0 Å². The molecule has 1 aliphatic heterocycles. The van der Waals surface area contributed by atoms with Crippen LogP contribution in [0.5, 0.6) is 0 Å². The topological polar surface area (TPSA) is 42.7 Å². The summed E-state index contributed by atoms with van der Waals surface area (Å²) in [5.41, 5.74) is 0. The molecule has 0 saturated carbocycles. The van der Waals surface area contributed by atoms with Crippen molar-refractivity contribution in [3.63, 3.8) is 0 Å². The lowest BCUT2D eigenvalue weighted by Crippen LogP contribution is -2.29. The Labute approximate surface area is 84.7 Å². The van der Waals surface area contributed by atoms with Crippen molar-refractivity contribution in [2.24, 2.45) is 5.92 Å². The van der Waals surface area contributed by atoms with E-state index in [1.807, 2.05) is 6.33 Å². The van der Waals surface area contributed by atoms with Crippen molar-refractivity contribution in [3.05, 3.63) is 12.2 Å². The monoisotopic (exact) mass is 194 g/mol. The number of aromatic nitrogens is 3. The first-order chi connectivity index (χ1) is 6.90. The summed E-state index contributed by atoms with van der Waals surface area (Å²) in [6.45, 7) is 5.43. The third-order valence-corrected chi connectivity index (χ3v) is 2.97. The summed E-state index contributed by atoms with van der Waals surface area (Å²) in [4.78, 5) is 0. The molecule has 1 aliphatic rings. The molecule has 2 rings (SSSR count). The summed E-state index contributed by atoms with van der Waals surface area (Å²) in [6.07, 6.45) is 5.47. The number of aryl methyl sites for hydroxylation is 1. The molecule has 0 aliphatic carbocycles. The molecule has 78 valence electrons. The van der Waals surface area contributed by atoms with Gasteiger partial charge in [0.2, 0.25) is 0 Å². The first-order valence-corrected chi connectivity index (χ1v) is 5.47. The highest BCUT2D eigenvalue weighted by atomic mass is 15.3.